The van der Waals surface area contributed by atoms with Gasteiger partial charge in [-0.1, -0.05) is 24.3 Å². The van der Waals surface area contributed by atoms with Crippen LogP contribution in [0.4, 0.5) is 26.3 Å². The van der Waals surface area contributed by atoms with Crippen molar-refractivity contribution in [3.8, 4) is 11.5 Å². The number of halogens is 6. The Morgan fingerprint density at radius 3 is 2.17 bits per heavy atom. The topological polar surface area (TPSA) is 97.3 Å². The van der Waals surface area contributed by atoms with Gasteiger partial charge in [0.25, 0.3) is 0 Å². The molecule has 0 heterocycles. The molecule has 2 aromatic rings. The summed E-state index contributed by atoms with van der Waals surface area (Å²) in [6, 6.07) is 8.89. The van der Waals surface area contributed by atoms with Crippen LogP contribution in [-0.4, -0.2) is 41.4 Å². The average Bonchev–Trinajstić information content (AvgIpc) is 2.64. The third kappa shape index (κ3) is 4.66. The van der Waals surface area contributed by atoms with Crippen LogP contribution in [0.5, 0.6) is 11.5 Å². The van der Waals surface area contributed by atoms with Crippen molar-refractivity contribution < 1.29 is 60.3 Å². The molecule has 7 nitrogen and oxygen atoms in total. The van der Waals surface area contributed by atoms with Crippen molar-refractivity contribution in [1.82, 2.24) is 0 Å². The second-order valence-corrected chi connectivity index (χ2v) is 6.42. The Morgan fingerprint density at radius 2 is 1.57 bits per heavy atom. The first-order valence-electron chi connectivity index (χ1n) is 7.74. The van der Waals surface area contributed by atoms with E-state index in [9.17, 15) is 41.5 Å². The van der Waals surface area contributed by atoms with Crippen molar-refractivity contribution in [3.05, 3.63) is 36.4 Å². The summed E-state index contributed by atoms with van der Waals surface area (Å²) < 4.78 is 85.9. The summed E-state index contributed by atoms with van der Waals surface area (Å²) >= 11 is -1.58. The maximum absolute atomic E-state index is 13.1. The average molecular weight is 461 g/mol. The fourth-order valence-corrected chi connectivity index (χ4v) is 2.81. The molecule has 0 aliphatic rings. The van der Waals surface area contributed by atoms with Crippen LogP contribution in [0.3, 0.4) is 0 Å². The lowest BCUT2D eigenvalue weighted by atomic mass is 10.1. The molecule has 0 aliphatic heterocycles. The van der Waals surface area contributed by atoms with Crippen LogP contribution in [0.1, 0.15) is 0 Å². The number of carbonyl (C=O) groups excluding carboxylic acids is 1. The maximum atomic E-state index is 13.1. The van der Waals surface area contributed by atoms with E-state index in [1.165, 1.54) is 24.3 Å². The van der Waals surface area contributed by atoms with Crippen LogP contribution in [0, 0.1) is 0 Å². The van der Waals surface area contributed by atoms with E-state index in [-0.39, 0.29) is 11.5 Å². The third-order valence-corrected chi connectivity index (χ3v) is 4.71. The van der Waals surface area contributed by atoms with E-state index in [2.05, 4.69) is 14.1 Å². The number of alkyl halides is 6. The standard InChI is InChI=1S/C16H12F6O7S/c17-15(18,19)14(16(20,21)22,30-29-28-25)13(24)27-8-7-26-12-6-2-3-9-10(12)4-1-5-11(9)23/h1-6,23,25H,7-8H2/p-1. The molecule has 0 saturated heterocycles. The Labute approximate surface area is 168 Å². The van der Waals surface area contributed by atoms with Gasteiger partial charge in [-0.2, -0.15) is 30.7 Å². The monoisotopic (exact) mass is 461 g/mol. The van der Waals surface area contributed by atoms with Crippen molar-refractivity contribution in [1.29, 1.82) is 0 Å². The number of esters is 1. The first-order chi connectivity index (χ1) is 14.0. The molecule has 0 atom stereocenters. The van der Waals surface area contributed by atoms with Crippen molar-refractivity contribution in [3.63, 3.8) is 0 Å². The normalized spacial score (nSPS) is 12.8. The molecule has 0 aliphatic carbocycles. The minimum Gasteiger partial charge on any atom is -0.691 e. The number of ether oxygens (including phenoxy) is 2. The predicted molar refractivity (Wildman–Crippen MR) is 86.7 cm³/mol. The highest BCUT2D eigenvalue weighted by molar-refractivity contribution is 7.96. The maximum Gasteiger partial charge on any atom is 0.425 e. The Balaban J connectivity index is 2.12. The molecule has 2 aromatic carbocycles. The van der Waals surface area contributed by atoms with Gasteiger partial charge in [0.05, 0.1) is 12.0 Å². The van der Waals surface area contributed by atoms with E-state index in [1.54, 1.807) is 12.1 Å². The van der Waals surface area contributed by atoms with Crippen molar-refractivity contribution in [2.75, 3.05) is 13.2 Å². The van der Waals surface area contributed by atoms with Gasteiger partial charge in [0, 0.05) is 10.8 Å². The van der Waals surface area contributed by atoms with Gasteiger partial charge < -0.3 is 19.8 Å². The molecular formula is C16H11F6O7S-. The molecule has 0 amide bonds. The number of hydrogen-bond acceptors (Lipinski definition) is 8. The minimum absolute atomic E-state index is 0.0814. The molecule has 0 spiro atoms. The highest BCUT2D eigenvalue weighted by Crippen LogP contribution is 2.53. The summed E-state index contributed by atoms with van der Waals surface area (Å²) in [5.41, 5.74) is 0. The Kier molecular flexibility index (Phi) is 7.28. The zero-order valence-corrected chi connectivity index (χ0v) is 15.3. The van der Waals surface area contributed by atoms with Gasteiger partial charge in [-0.25, -0.2) is 4.79 Å². The van der Waals surface area contributed by atoms with Crippen molar-refractivity contribution >= 4 is 28.8 Å². The third-order valence-electron chi connectivity index (χ3n) is 3.71. The zero-order chi connectivity index (χ0) is 22.6. The molecule has 166 valence electrons. The van der Waals surface area contributed by atoms with Crippen LogP contribution in [0.25, 0.3) is 10.8 Å². The molecule has 0 unspecified atom stereocenters. The van der Waals surface area contributed by atoms with Crippen LogP contribution in [0.15, 0.2) is 36.4 Å². The summed E-state index contributed by atoms with van der Waals surface area (Å²) in [4.78, 5) is 11.7. The lowest BCUT2D eigenvalue weighted by molar-refractivity contribution is -0.777. The SMILES string of the molecule is O=C(OCCOc1cccc2c(O)cccc12)C(SOO[O-])(C(F)(F)F)C(F)(F)F. The zero-order valence-electron chi connectivity index (χ0n) is 14.5. The molecule has 0 fully saturated rings. The quantitative estimate of drug-likeness (QED) is 0.160. The van der Waals surface area contributed by atoms with E-state index in [0.717, 1.165) is 0 Å². The summed E-state index contributed by atoms with van der Waals surface area (Å²) in [5, 5.41) is 22.8. The van der Waals surface area contributed by atoms with Gasteiger partial charge in [0.1, 0.15) is 24.7 Å². The molecule has 0 saturated carbocycles. The molecule has 30 heavy (non-hydrogen) atoms. The molecule has 0 aromatic heterocycles. The van der Waals surface area contributed by atoms with Gasteiger partial charge in [-0.05, 0) is 12.1 Å². The summed E-state index contributed by atoms with van der Waals surface area (Å²) in [7, 11) is 0. The van der Waals surface area contributed by atoms with E-state index in [1.807, 2.05) is 0 Å². The Bertz CT molecular complexity index is 872. The number of hydrogen-bond donors (Lipinski definition) is 1. The molecule has 0 bridgehead atoms. The number of phenolic OH excluding ortho intramolecular Hbond substituents is 1. The lowest BCUT2D eigenvalue weighted by Crippen LogP contribution is -2.60. The van der Waals surface area contributed by atoms with E-state index in [0.29, 0.717) is 10.8 Å². The lowest BCUT2D eigenvalue weighted by Gasteiger charge is -2.32. The molecule has 0 radical (unpaired) electrons. The Hall–Kier alpha value is -2.42. The second kappa shape index (κ2) is 9.16. The predicted octanol–water partition coefficient (Wildman–Crippen LogP) is 3.20. The van der Waals surface area contributed by atoms with Crippen molar-refractivity contribution in [2.24, 2.45) is 0 Å². The van der Waals surface area contributed by atoms with Gasteiger partial charge in [-0.3, -0.25) is 5.04 Å². The second-order valence-electron chi connectivity index (χ2n) is 5.51. The highest BCUT2D eigenvalue weighted by atomic mass is 32.2. The number of benzene rings is 2. The number of phenols is 1. The first kappa shape index (κ1) is 23.9. The van der Waals surface area contributed by atoms with Gasteiger partial charge in [0.2, 0.25) is 0 Å². The molecule has 2 rings (SSSR count). The fraction of sp³-hybridized carbons (Fsp3) is 0.312. The largest absolute Gasteiger partial charge is 0.691 e. The van der Waals surface area contributed by atoms with Crippen LogP contribution in [0.2, 0.25) is 0 Å². The number of rotatable bonds is 8. The van der Waals surface area contributed by atoms with E-state index < -0.39 is 48.3 Å². The summed E-state index contributed by atoms with van der Waals surface area (Å²) in [6.07, 6.45) is -12.5. The number of aromatic hydroxyl groups is 1. The van der Waals surface area contributed by atoms with Gasteiger partial charge in [-0.15, -0.1) is 0 Å². The van der Waals surface area contributed by atoms with E-state index in [4.69, 9.17) is 4.74 Å². The fourth-order valence-electron chi connectivity index (χ4n) is 2.36. The van der Waals surface area contributed by atoms with Gasteiger partial charge in [0.15, 0.2) is 0 Å². The molecule has 1 N–H and O–H groups in total. The number of carbonyl (C=O) groups is 1. The van der Waals surface area contributed by atoms with E-state index >= 15 is 0 Å². The van der Waals surface area contributed by atoms with Gasteiger partial charge >= 0.3 is 23.1 Å². The summed E-state index contributed by atoms with van der Waals surface area (Å²) in [5.74, 6) is -2.72. The molecular weight excluding hydrogens is 450 g/mol. The van der Waals surface area contributed by atoms with Crippen molar-refractivity contribution in [2.45, 2.75) is 17.1 Å². The summed E-state index contributed by atoms with van der Waals surface area (Å²) in [6.45, 7) is -1.61. The first-order valence-corrected chi connectivity index (χ1v) is 8.48. The Morgan fingerprint density at radius 1 is 0.967 bits per heavy atom. The highest BCUT2D eigenvalue weighted by Gasteiger charge is 2.79. The minimum atomic E-state index is -6.24. The van der Waals surface area contributed by atoms with Crippen LogP contribution < -0.4 is 9.99 Å². The number of fused-ring (bicyclic) bond motifs is 1. The van der Waals surface area contributed by atoms with Crippen LogP contribution in [-0.2, 0) is 18.9 Å². The van der Waals surface area contributed by atoms with Crippen LogP contribution >= 0.6 is 12.0 Å². The smallest absolute Gasteiger partial charge is 0.425 e. The molecule has 14 heteroatoms.